The van der Waals surface area contributed by atoms with Gasteiger partial charge in [0.2, 0.25) is 0 Å². The van der Waals surface area contributed by atoms with Gasteiger partial charge >= 0.3 is 11.9 Å². The Morgan fingerprint density at radius 3 is 1.54 bits per heavy atom. The van der Waals surface area contributed by atoms with Crippen molar-refractivity contribution < 1.29 is 25.3 Å². The summed E-state index contributed by atoms with van der Waals surface area (Å²) in [7, 11) is 0. The van der Waals surface area contributed by atoms with Gasteiger partial charge in [0.15, 0.2) is 11.4 Å². The fourth-order valence-corrected chi connectivity index (χ4v) is 0.651. The van der Waals surface area contributed by atoms with Crippen molar-refractivity contribution >= 4 is 11.9 Å². The molecule has 0 aromatic carbocycles. The summed E-state index contributed by atoms with van der Waals surface area (Å²) in [5, 5.41) is 16.9. The number of nitrogens with zero attached hydrogens (tertiary/aromatic N) is 2. The van der Waals surface area contributed by atoms with Crippen molar-refractivity contribution in [3.63, 3.8) is 0 Å². The first-order valence-electron chi connectivity index (χ1n) is 2.90. The fraction of sp³-hybridized carbons (Fsp3) is 0. The molecule has 0 aliphatic heterocycles. The molecular formula is C6H6N2O5. The standard InChI is InChI=1S/C6H4N2O4.H2O/c9-5(10)3-4(6(11)12)8-2-1-7-3;/h1-2H,(H,9,10)(H,11,12);1H2. The average Bonchev–Trinajstić information content (AvgIpc) is 2.04. The molecule has 1 rings (SSSR count). The Morgan fingerprint density at radius 1 is 1.00 bits per heavy atom. The van der Waals surface area contributed by atoms with Crippen LogP contribution in [0.5, 0.6) is 0 Å². The molecule has 0 atom stereocenters. The zero-order chi connectivity index (χ0) is 9.14. The number of rotatable bonds is 2. The van der Waals surface area contributed by atoms with E-state index < -0.39 is 23.3 Å². The molecule has 0 unspecified atom stereocenters. The Labute approximate surface area is 72.0 Å². The molecule has 13 heavy (non-hydrogen) atoms. The molecule has 0 saturated heterocycles. The molecule has 0 amide bonds. The van der Waals surface area contributed by atoms with Crippen LogP contribution in [-0.2, 0) is 0 Å². The molecular weight excluding hydrogens is 180 g/mol. The number of aromatic carboxylic acids is 2. The van der Waals surface area contributed by atoms with Gasteiger partial charge in [-0.1, -0.05) is 0 Å². The lowest BCUT2D eigenvalue weighted by molar-refractivity contribution is 0.0641. The molecule has 1 aromatic rings. The highest BCUT2D eigenvalue weighted by Crippen LogP contribution is 2.00. The lowest BCUT2D eigenvalue weighted by atomic mass is 10.3. The molecule has 0 bridgehead atoms. The number of carboxylic acids is 2. The van der Waals surface area contributed by atoms with E-state index in [0.717, 1.165) is 12.4 Å². The monoisotopic (exact) mass is 186 g/mol. The zero-order valence-electron chi connectivity index (χ0n) is 6.26. The zero-order valence-corrected chi connectivity index (χ0v) is 6.26. The van der Waals surface area contributed by atoms with E-state index >= 15 is 0 Å². The summed E-state index contributed by atoms with van der Waals surface area (Å²) in [6.07, 6.45) is 2.24. The van der Waals surface area contributed by atoms with Crippen LogP contribution >= 0.6 is 0 Å². The Kier molecular flexibility index (Phi) is 3.48. The van der Waals surface area contributed by atoms with Gasteiger partial charge in [-0.25, -0.2) is 19.6 Å². The van der Waals surface area contributed by atoms with Gasteiger partial charge in [0.1, 0.15) is 0 Å². The molecule has 0 fully saturated rings. The van der Waals surface area contributed by atoms with E-state index in [2.05, 4.69) is 9.97 Å². The van der Waals surface area contributed by atoms with Gasteiger partial charge in [-0.3, -0.25) is 0 Å². The van der Waals surface area contributed by atoms with Crippen molar-refractivity contribution in [2.75, 3.05) is 0 Å². The third-order valence-corrected chi connectivity index (χ3v) is 1.10. The number of hydrogen-bond acceptors (Lipinski definition) is 4. The highest BCUT2D eigenvalue weighted by Gasteiger charge is 2.17. The summed E-state index contributed by atoms with van der Waals surface area (Å²) in [6, 6.07) is 0. The van der Waals surface area contributed by atoms with Crippen molar-refractivity contribution in [2.24, 2.45) is 0 Å². The predicted octanol–water partition coefficient (Wildman–Crippen LogP) is -0.952. The van der Waals surface area contributed by atoms with Crippen LogP contribution in [0.4, 0.5) is 0 Å². The highest BCUT2D eigenvalue weighted by molar-refractivity contribution is 5.98. The molecule has 0 aliphatic rings. The van der Waals surface area contributed by atoms with Crippen molar-refractivity contribution in [2.45, 2.75) is 0 Å². The number of carbonyl (C=O) groups is 2. The van der Waals surface area contributed by atoms with E-state index in [4.69, 9.17) is 10.2 Å². The van der Waals surface area contributed by atoms with Crippen LogP contribution in [0.25, 0.3) is 0 Å². The maximum absolute atomic E-state index is 10.4. The molecule has 70 valence electrons. The van der Waals surface area contributed by atoms with E-state index in [0.29, 0.717) is 0 Å². The number of aromatic nitrogens is 2. The van der Waals surface area contributed by atoms with Crippen LogP contribution in [0.2, 0.25) is 0 Å². The van der Waals surface area contributed by atoms with Gasteiger partial charge < -0.3 is 15.7 Å². The van der Waals surface area contributed by atoms with Crippen molar-refractivity contribution in [1.82, 2.24) is 9.97 Å². The van der Waals surface area contributed by atoms with Crippen molar-refractivity contribution in [3.05, 3.63) is 23.8 Å². The summed E-state index contributed by atoms with van der Waals surface area (Å²) in [6.45, 7) is 0. The van der Waals surface area contributed by atoms with E-state index in [9.17, 15) is 9.59 Å². The van der Waals surface area contributed by atoms with Gasteiger partial charge in [0, 0.05) is 12.4 Å². The van der Waals surface area contributed by atoms with Crippen LogP contribution in [0, 0.1) is 0 Å². The second kappa shape index (κ2) is 4.12. The van der Waals surface area contributed by atoms with Crippen LogP contribution in [0.1, 0.15) is 21.0 Å². The minimum absolute atomic E-state index is 0. The lowest BCUT2D eigenvalue weighted by Crippen LogP contribution is -2.12. The summed E-state index contributed by atoms with van der Waals surface area (Å²) >= 11 is 0. The molecule has 0 saturated carbocycles. The fourth-order valence-electron chi connectivity index (χ4n) is 0.651. The summed E-state index contributed by atoms with van der Waals surface area (Å²) in [4.78, 5) is 27.4. The number of hydrogen-bond donors (Lipinski definition) is 2. The SMILES string of the molecule is O.O=C(O)c1nccnc1C(=O)O. The van der Waals surface area contributed by atoms with Crippen molar-refractivity contribution in [1.29, 1.82) is 0 Å². The van der Waals surface area contributed by atoms with Gasteiger partial charge in [0.25, 0.3) is 0 Å². The smallest absolute Gasteiger partial charge is 0.357 e. The first-order chi connectivity index (χ1) is 5.63. The molecule has 1 aromatic heterocycles. The van der Waals surface area contributed by atoms with E-state index in [1.165, 1.54) is 0 Å². The predicted molar refractivity (Wildman–Crippen MR) is 39.6 cm³/mol. The molecule has 0 radical (unpaired) electrons. The summed E-state index contributed by atoms with van der Waals surface area (Å²) in [5.41, 5.74) is -1.10. The largest absolute Gasteiger partial charge is 0.476 e. The van der Waals surface area contributed by atoms with Gasteiger partial charge in [-0.2, -0.15) is 0 Å². The first-order valence-corrected chi connectivity index (χ1v) is 2.90. The van der Waals surface area contributed by atoms with Crippen LogP contribution in [0.15, 0.2) is 12.4 Å². The third kappa shape index (κ3) is 2.20. The Bertz CT molecular complexity index is 305. The van der Waals surface area contributed by atoms with Crippen LogP contribution < -0.4 is 0 Å². The van der Waals surface area contributed by atoms with E-state index in [-0.39, 0.29) is 5.48 Å². The quantitative estimate of drug-likeness (QED) is 0.611. The molecule has 0 spiro atoms. The highest BCUT2D eigenvalue weighted by atomic mass is 16.4. The second-order valence-corrected chi connectivity index (χ2v) is 1.86. The number of carboxylic acid groups (broad SMARTS) is 2. The minimum Gasteiger partial charge on any atom is -0.476 e. The van der Waals surface area contributed by atoms with Gasteiger partial charge in [-0.15, -0.1) is 0 Å². The maximum atomic E-state index is 10.4. The Morgan fingerprint density at radius 2 is 1.31 bits per heavy atom. The molecule has 7 heteroatoms. The normalized spacial score (nSPS) is 8.62. The van der Waals surface area contributed by atoms with Crippen molar-refractivity contribution in [3.8, 4) is 0 Å². The average molecular weight is 186 g/mol. The molecule has 1 heterocycles. The van der Waals surface area contributed by atoms with E-state index in [1.54, 1.807) is 0 Å². The Balaban J connectivity index is 0.00000144. The van der Waals surface area contributed by atoms with Gasteiger partial charge in [-0.05, 0) is 0 Å². The minimum atomic E-state index is -1.40. The van der Waals surface area contributed by atoms with Crippen LogP contribution in [0.3, 0.4) is 0 Å². The summed E-state index contributed by atoms with van der Waals surface area (Å²) < 4.78 is 0. The maximum Gasteiger partial charge on any atom is 0.357 e. The summed E-state index contributed by atoms with van der Waals surface area (Å²) in [5.74, 6) is -2.80. The Hall–Kier alpha value is -2.02. The molecule has 0 aliphatic carbocycles. The molecule has 4 N–H and O–H groups in total. The van der Waals surface area contributed by atoms with Gasteiger partial charge in [0.05, 0.1) is 0 Å². The van der Waals surface area contributed by atoms with E-state index in [1.807, 2.05) is 0 Å². The molecule has 7 nitrogen and oxygen atoms in total. The first kappa shape index (κ1) is 11.0. The topological polar surface area (TPSA) is 132 Å². The lowest BCUT2D eigenvalue weighted by Gasteiger charge is -1.96. The van der Waals surface area contributed by atoms with Crippen LogP contribution in [-0.4, -0.2) is 37.6 Å². The second-order valence-electron chi connectivity index (χ2n) is 1.86. The third-order valence-electron chi connectivity index (χ3n) is 1.10.